The lowest BCUT2D eigenvalue weighted by molar-refractivity contribution is -0.146. The van der Waals surface area contributed by atoms with E-state index in [0.29, 0.717) is 16.7 Å². The number of aliphatic hydroxyl groups excluding tert-OH is 1. The number of carbonyl (C=O) groups excluding carboxylic acids is 1. The summed E-state index contributed by atoms with van der Waals surface area (Å²) in [5, 5.41) is 22.0. The molecule has 1 amide bonds. The second-order valence-electron chi connectivity index (χ2n) is 8.28. The van der Waals surface area contributed by atoms with Crippen molar-refractivity contribution in [1.29, 1.82) is 0 Å². The molecule has 8 nitrogen and oxygen atoms in total. The number of nitrogens with zero attached hydrogens (tertiary/aromatic N) is 2. The molecular formula is C26H21N3O5. The lowest BCUT2D eigenvalue weighted by atomic mass is 10.0. The Morgan fingerprint density at radius 2 is 1.79 bits per heavy atom. The summed E-state index contributed by atoms with van der Waals surface area (Å²) < 4.78 is 1.73. The third kappa shape index (κ3) is 4.06. The van der Waals surface area contributed by atoms with Gasteiger partial charge in [-0.05, 0) is 53.8 Å². The second-order valence-corrected chi connectivity index (χ2v) is 8.28. The highest BCUT2D eigenvalue weighted by Crippen LogP contribution is 2.26. The Morgan fingerprint density at radius 3 is 2.50 bits per heavy atom. The van der Waals surface area contributed by atoms with Crippen molar-refractivity contribution in [2.45, 2.75) is 25.0 Å². The highest BCUT2D eigenvalue weighted by molar-refractivity contribution is 5.97. The molecule has 2 aromatic carbocycles. The van der Waals surface area contributed by atoms with Gasteiger partial charge in [0.05, 0.1) is 5.39 Å². The van der Waals surface area contributed by atoms with Crippen LogP contribution in [0.15, 0.2) is 77.9 Å². The van der Waals surface area contributed by atoms with Gasteiger partial charge in [-0.3, -0.25) is 9.59 Å². The first-order valence-electron chi connectivity index (χ1n) is 10.9. The summed E-state index contributed by atoms with van der Waals surface area (Å²) in [6, 6.07) is 17.5. The minimum atomic E-state index is -1.58. The SMILES string of the molecule is O=C(NC1CC1)c1cn(-c2cccc(-c3ccc(C(O)C(=O)O)cc3)c2)c2ncccc2c1=O. The zero-order chi connectivity index (χ0) is 23.8. The van der Waals surface area contributed by atoms with Crippen LogP contribution in [0.3, 0.4) is 0 Å². The lowest BCUT2D eigenvalue weighted by Gasteiger charge is -2.14. The van der Waals surface area contributed by atoms with E-state index in [9.17, 15) is 19.5 Å². The molecule has 0 bridgehead atoms. The molecule has 5 rings (SSSR count). The minimum Gasteiger partial charge on any atom is -0.479 e. The minimum absolute atomic E-state index is 0.0600. The maximum atomic E-state index is 13.0. The molecule has 0 saturated heterocycles. The highest BCUT2D eigenvalue weighted by atomic mass is 16.4. The maximum Gasteiger partial charge on any atom is 0.337 e. The van der Waals surface area contributed by atoms with Gasteiger partial charge in [0.1, 0.15) is 11.2 Å². The van der Waals surface area contributed by atoms with Crippen molar-refractivity contribution in [3.8, 4) is 16.8 Å². The van der Waals surface area contributed by atoms with E-state index in [1.165, 1.54) is 6.20 Å². The van der Waals surface area contributed by atoms with Crippen molar-refractivity contribution >= 4 is 22.9 Å². The Balaban J connectivity index is 1.58. The molecule has 2 heterocycles. The van der Waals surface area contributed by atoms with Crippen molar-refractivity contribution < 1.29 is 19.8 Å². The standard InChI is InChI=1S/C26H21N3O5/c30-22(26(33)34)16-8-6-15(7-9-16)17-3-1-4-19(13-17)29-14-21(25(32)28-18-10-11-18)23(31)20-5-2-12-27-24(20)29/h1-9,12-14,18,22,30H,10-11H2,(H,28,32)(H,33,34). The van der Waals surface area contributed by atoms with E-state index < -0.39 is 18.0 Å². The van der Waals surface area contributed by atoms with E-state index in [0.717, 1.165) is 24.0 Å². The number of nitrogens with one attached hydrogen (secondary N) is 1. The average molecular weight is 455 g/mol. The first-order valence-corrected chi connectivity index (χ1v) is 10.9. The van der Waals surface area contributed by atoms with E-state index in [2.05, 4.69) is 10.3 Å². The molecule has 34 heavy (non-hydrogen) atoms. The van der Waals surface area contributed by atoms with Crippen LogP contribution in [0.1, 0.15) is 34.9 Å². The van der Waals surface area contributed by atoms with Gasteiger partial charge in [0.25, 0.3) is 5.91 Å². The fourth-order valence-corrected chi connectivity index (χ4v) is 3.85. The molecule has 0 radical (unpaired) electrons. The van der Waals surface area contributed by atoms with Crippen LogP contribution in [-0.4, -0.2) is 37.7 Å². The summed E-state index contributed by atoms with van der Waals surface area (Å²) in [5.74, 6) is -1.70. The van der Waals surface area contributed by atoms with E-state index in [1.807, 2.05) is 24.3 Å². The first-order chi connectivity index (χ1) is 16.4. The van der Waals surface area contributed by atoms with Crippen LogP contribution in [0.2, 0.25) is 0 Å². The Hall–Kier alpha value is -4.30. The van der Waals surface area contributed by atoms with E-state index >= 15 is 0 Å². The normalized spacial score (nSPS) is 14.0. The second kappa shape index (κ2) is 8.57. The summed E-state index contributed by atoms with van der Waals surface area (Å²) >= 11 is 0. The van der Waals surface area contributed by atoms with Crippen molar-refractivity contribution in [1.82, 2.24) is 14.9 Å². The van der Waals surface area contributed by atoms with Gasteiger partial charge in [0.15, 0.2) is 6.10 Å². The van der Waals surface area contributed by atoms with Gasteiger partial charge in [-0.15, -0.1) is 0 Å². The van der Waals surface area contributed by atoms with Gasteiger partial charge in [-0.2, -0.15) is 0 Å². The zero-order valence-electron chi connectivity index (χ0n) is 18.0. The molecule has 1 saturated carbocycles. The highest BCUT2D eigenvalue weighted by Gasteiger charge is 2.26. The number of hydrogen-bond donors (Lipinski definition) is 3. The Morgan fingerprint density at radius 1 is 1.03 bits per heavy atom. The first kappa shape index (κ1) is 21.5. The van der Waals surface area contributed by atoms with Crippen molar-refractivity contribution in [3.05, 3.63) is 94.4 Å². The number of carbonyl (C=O) groups is 2. The fourth-order valence-electron chi connectivity index (χ4n) is 3.85. The summed E-state index contributed by atoms with van der Waals surface area (Å²) in [6.07, 6.45) is 3.37. The van der Waals surface area contributed by atoms with Crippen LogP contribution in [0.5, 0.6) is 0 Å². The number of carboxylic acid groups (broad SMARTS) is 1. The number of carboxylic acids is 1. The summed E-state index contributed by atoms with van der Waals surface area (Å²) in [7, 11) is 0. The van der Waals surface area contributed by atoms with Gasteiger partial charge < -0.3 is 20.1 Å². The van der Waals surface area contributed by atoms with Crippen LogP contribution in [0.25, 0.3) is 27.8 Å². The molecule has 1 aliphatic rings. The number of fused-ring (bicyclic) bond motifs is 1. The molecule has 0 spiro atoms. The monoisotopic (exact) mass is 455 g/mol. The number of aromatic nitrogens is 2. The van der Waals surface area contributed by atoms with Crippen molar-refractivity contribution in [3.63, 3.8) is 0 Å². The van der Waals surface area contributed by atoms with Gasteiger partial charge in [-0.1, -0.05) is 36.4 Å². The molecule has 1 fully saturated rings. The summed E-state index contributed by atoms with van der Waals surface area (Å²) in [6.45, 7) is 0. The molecule has 1 unspecified atom stereocenters. The number of benzene rings is 2. The molecule has 3 N–H and O–H groups in total. The molecule has 2 aromatic heterocycles. The van der Waals surface area contributed by atoms with E-state index in [4.69, 9.17) is 5.11 Å². The quantitative estimate of drug-likeness (QED) is 0.411. The molecule has 0 aliphatic heterocycles. The predicted molar refractivity (Wildman–Crippen MR) is 126 cm³/mol. The Kier molecular flexibility index (Phi) is 5.43. The number of aliphatic hydroxyl groups is 1. The van der Waals surface area contributed by atoms with Gasteiger partial charge in [0, 0.05) is 24.1 Å². The smallest absolute Gasteiger partial charge is 0.337 e. The number of aliphatic carboxylic acids is 1. The summed E-state index contributed by atoms with van der Waals surface area (Å²) in [4.78, 5) is 41.2. The third-order valence-electron chi connectivity index (χ3n) is 5.84. The number of amides is 1. The van der Waals surface area contributed by atoms with E-state index in [-0.39, 0.29) is 22.6 Å². The number of rotatable bonds is 6. The average Bonchev–Trinajstić information content (AvgIpc) is 3.68. The zero-order valence-corrected chi connectivity index (χ0v) is 18.0. The van der Waals surface area contributed by atoms with Crippen LogP contribution in [0, 0.1) is 0 Å². The molecule has 1 atom stereocenters. The fraction of sp³-hybridized carbons (Fsp3) is 0.154. The van der Waals surface area contributed by atoms with Crippen LogP contribution in [0.4, 0.5) is 0 Å². The molecule has 170 valence electrons. The Bertz CT molecular complexity index is 1470. The van der Waals surface area contributed by atoms with Crippen molar-refractivity contribution in [2.24, 2.45) is 0 Å². The van der Waals surface area contributed by atoms with Gasteiger partial charge in [-0.25, -0.2) is 9.78 Å². The number of hydrogen-bond acceptors (Lipinski definition) is 5. The largest absolute Gasteiger partial charge is 0.479 e. The van der Waals surface area contributed by atoms with Crippen LogP contribution >= 0.6 is 0 Å². The van der Waals surface area contributed by atoms with Crippen LogP contribution in [-0.2, 0) is 4.79 Å². The molecule has 4 aromatic rings. The predicted octanol–water partition coefficient (Wildman–Crippen LogP) is 3.06. The molecule has 1 aliphatic carbocycles. The van der Waals surface area contributed by atoms with Gasteiger partial charge >= 0.3 is 5.97 Å². The van der Waals surface area contributed by atoms with Crippen molar-refractivity contribution in [2.75, 3.05) is 0 Å². The third-order valence-corrected chi connectivity index (χ3v) is 5.84. The topological polar surface area (TPSA) is 122 Å². The summed E-state index contributed by atoms with van der Waals surface area (Å²) in [5.41, 5.74) is 2.78. The maximum absolute atomic E-state index is 13.0. The van der Waals surface area contributed by atoms with Crippen LogP contribution < -0.4 is 10.7 Å². The molecule has 8 heteroatoms. The van der Waals surface area contributed by atoms with Gasteiger partial charge in [0.2, 0.25) is 5.43 Å². The number of pyridine rings is 2. The van der Waals surface area contributed by atoms with E-state index in [1.54, 1.807) is 47.2 Å². The lowest BCUT2D eigenvalue weighted by Crippen LogP contribution is -2.31. The molecular weight excluding hydrogens is 434 g/mol. The Labute approximate surface area is 194 Å².